The third kappa shape index (κ3) is 11.5. The monoisotopic (exact) mass is 1030 g/mol. The first-order valence-electron chi connectivity index (χ1n) is 26.6. The predicted octanol–water partition coefficient (Wildman–Crippen LogP) is 6.36. The van der Waals surface area contributed by atoms with E-state index in [1.807, 2.05) is 52.0 Å². The van der Waals surface area contributed by atoms with Crippen LogP contribution in [0.5, 0.6) is 11.5 Å². The summed E-state index contributed by atoms with van der Waals surface area (Å²) in [7, 11) is 1.48. The van der Waals surface area contributed by atoms with Crippen molar-refractivity contribution >= 4 is 35.1 Å². The first-order valence-corrected chi connectivity index (χ1v) is 26.6. The number of hydrogen-bond donors (Lipinski definition) is 4. The summed E-state index contributed by atoms with van der Waals surface area (Å²) in [6, 6.07) is 10.1. The molecule has 17 nitrogen and oxygen atoms in total. The van der Waals surface area contributed by atoms with E-state index in [9.17, 15) is 34.2 Å². The van der Waals surface area contributed by atoms with Crippen LogP contribution in [-0.2, 0) is 35.1 Å². The molecule has 2 saturated heterocycles. The molecule has 2 fully saturated rings. The maximum atomic E-state index is 15.0. The number of piperidine rings is 1. The third-order valence-corrected chi connectivity index (χ3v) is 15.9. The predicted molar refractivity (Wildman–Crippen MR) is 283 cm³/mol. The second-order valence-corrected chi connectivity index (χ2v) is 22.2. The summed E-state index contributed by atoms with van der Waals surface area (Å²) in [4.78, 5) is 83.0. The van der Waals surface area contributed by atoms with Gasteiger partial charge in [-0.05, 0) is 49.7 Å². The van der Waals surface area contributed by atoms with Crippen molar-refractivity contribution in [3.63, 3.8) is 0 Å². The molecule has 17 heteroatoms. The lowest BCUT2D eigenvalue weighted by molar-refractivity contribution is -0.164. The lowest BCUT2D eigenvalue weighted by Crippen LogP contribution is -2.50. The molecule has 1 spiro atoms. The lowest BCUT2D eigenvalue weighted by atomic mass is 9.79. The Hall–Kier alpha value is -6.14. The molecule has 9 rings (SSSR count). The van der Waals surface area contributed by atoms with E-state index in [4.69, 9.17) is 23.9 Å². The van der Waals surface area contributed by atoms with Gasteiger partial charge in [-0.3, -0.25) is 33.9 Å². The topological polar surface area (TPSA) is 209 Å². The van der Waals surface area contributed by atoms with E-state index < -0.39 is 77.2 Å². The zero-order chi connectivity index (χ0) is 54.1. The van der Waals surface area contributed by atoms with Crippen molar-refractivity contribution in [2.45, 2.75) is 124 Å². The molecule has 6 heterocycles. The highest BCUT2D eigenvalue weighted by Gasteiger charge is 2.54. The van der Waals surface area contributed by atoms with Crippen LogP contribution >= 0.6 is 0 Å². The maximum Gasteiger partial charge on any atom is 0.315 e. The van der Waals surface area contributed by atoms with Gasteiger partial charge in [0.2, 0.25) is 11.7 Å². The van der Waals surface area contributed by atoms with Crippen LogP contribution in [0.15, 0.2) is 82.9 Å². The molecular weight excluding hydrogens is 957 g/mol. The number of aliphatic hydroxyl groups excluding tert-OH is 1. The molecule has 2 aromatic rings. The highest BCUT2D eigenvalue weighted by molar-refractivity contribution is 6.34. The number of carbonyl (C=O) groups is 5. The molecular formula is C58H76N6O11. The van der Waals surface area contributed by atoms with Crippen molar-refractivity contribution in [2.75, 3.05) is 52.9 Å². The molecule has 6 aliphatic heterocycles. The molecule has 5 bridgehead atoms. The molecule has 0 radical (unpaired) electrons. The number of Topliss-reactive ketones (excluding diaryl/α,β-unsaturated/α-hetero) is 2. The molecule has 7 aliphatic rings. The van der Waals surface area contributed by atoms with Crippen LogP contribution in [0.25, 0.3) is 0 Å². The Morgan fingerprint density at radius 1 is 0.907 bits per heavy atom. The number of phenolic OH excluding ortho intramolecular Hbond substituents is 1. The second-order valence-electron chi connectivity index (χ2n) is 22.2. The zero-order valence-electron chi connectivity index (χ0n) is 45.2. The Balaban J connectivity index is 1.10. The largest absolute Gasteiger partial charge is 0.507 e. The number of carbonyl (C=O) groups excluding carboxylic acids is 5. The van der Waals surface area contributed by atoms with Gasteiger partial charge in [0, 0.05) is 108 Å². The van der Waals surface area contributed by atoms with Gasteiger partial charge in [0.25, 0.3) is 11.7 Å². The lowest BCUT2D eigenvalue weighted by Gasteiger charge is -2.38. The number of aliphatic imine (C=N–C) groups is 1. The number of amides is 2. The standard InChI is InChI=1S/C58H76N6O11/c1-33(2)31-62-22-20-58(21-23-62)60-47-44-45-51(68)39(8)54-46(44)55(70)57(9,75-54)73-28-19-41(72-10)37(6)53(74-43(66)30-42(65)64-26-24-63(25-27-64)32-40-17-12-11-13-18-40)38(7)50(67)36(5)29-34(3)15-14-16-35(4)56(71)59-49(52(45)69)48(47)61-58/h11-19,28,33-34,36-38,41,50,53,61,67-68H,20-27,29-32H2,1-10H3,(H,59,71)/b15-14+,28-19+,35-16-/t34?,36-,37-,38-,41+,50?,53?,57?/m1/s1. The van der Waals surface area contributed by atoms with Crippen molar-refractivity contribution in [1.29, 1.82) is 0 Å². The van der Waals surface area contributed by atoms with Gasteiger partial charge < -0.3 is 49.6 Å². The molecule has 2 amide bonds. The number of benzene rings is 2. The number of methoxy groups -OCH3 is 1. The van der Waals surface area contributed by atoms with E-state index in [1.54, 1.807) is 37.0 Å². The summed E-state index contributed by atoms with van der Waals surface area (Å²) in [5.41, 5.74) is 1.10. The molecule has 2 aromatic carbocycles. The van der Waals surface area contributed by atoms with Gasteiger partial charge in [0.1, 0.15) is 35.4 Å². The Bertz CT molecular complexity index is 2700. The van der Waals surface area contributed by atoms with Crippen LogP contribution in [-0.4, -0.2) is 143 Å². The van der Waals surface area contributed by atoms with Crippen LogP contribution in [0.2, 0.25) is 0 Å². The van der Waals surface area contributed by atoms with Crippen molar-refractivity contribution in [1.82, 2.24) is 25.3 Å². The number of ketones is 2. The smallest absolute Gasteiger partial charge is 0.315 e. The Kier molecular flexibility index (Phi) is 16.6. The van der Waals surface area contributed by atoms with Gasteiger partial charge in [-0.1, -0.05) is 90.1 Å². The first-order chi connectivity index (χ1) is 35.6. The fourth-order valence-electron chi connectivity index (χ4n) is 11.6. The van der Waals surface area contributed by atoms with Gasteiger partial charge >= 0.3 is 11.8 Å². The number of rotatable bonds is 8. The number of nitrogens with one attached hydrogen (secondary N) is 2. The van der Waals surface area contributed by atoms with Crippen molar-refractivity contribution in [3.8, 4) is 11.5 Å². The third-order valence-electron chi connectivity index (χ3n) is 15.9. The number of nitrogens with zero attached hydrogens (tertiary/aromatic N) is 4. The highest BCUT2D eigenvalue weighted by atomic mass is 16.7. The molecule has 1 aliphatic carbocycles. The molecule has 404 valence electrons. The molecule has 4 N–H and O–H groups in total. The zero-order valence-corrected chi connectivity index (χ0v) is 45.2. The van der Waals surface area contributed by atoms with Gasteiger partial charge in [-0.15, -0.1) is 0 Å². The summed E-state index contributed by atoms with van der Waals surface area (Å²) < 4.78 is 24.8. The van der Waals surface area contributed by atoms with Crippen molar-refractivity contribution in [2.24, 2.45) is 34.6 Å². The molecule has 4 unspecified atom stereocenters. The number of aromatic hydroxyl groups is 1. The number of phenols is 1. The average molecular weight is 1030 g/mol. The van der Waals surface area contributed by atoms with Gasteiger partial charge in [-0.2, -0.15) is 0 Å². The van der Waals surface area contributed by atoms with E-state index >= 15 is 0 Å². The molecule has 75 heavy (non-hydrogen) atoms. The fraction of sp³-hybridized carbons (Fsp3) is 0.552. The van der Waals surface area contributed by atoms with Crippen molar-refractivity contribution < 1.29 is 53.1 Å². The molecule has 8 atom stereocenters. The minimum Gasteiger partial charge on any atom is -0.507 e. The number of ether oxygens (including phenoxy) is 4. The number of piperazine rings is 1. The van der Waals surface area contributed by atoms with Gasteiger partial charge in [0.05, 0.1) is 41.0 Å². The van der Waals surface area contributed by atoms with E-state index in [2.05, 4.69) is 46.4 Å². The van der Waals surface area contributed by atoms with Crippen LogP contribution in [0.1, 0.15) is 118 Å². The van der Waals surface area contributed by atoms with E-state index in [0.717, 1.165) is 26.2 Å². The van der Waals surface area contributed by atoms with E-state index in [0.29, 0.717) is 56.9 Å². The number of esters is 1. The Labute approximate surface area is 441 Å². The van der Waals surface area contributed by atoms with Crippen LogP contribution < -0.4 is 15.4 Å². The Morgan fingerprint density at radius 2 is 1.60 bits per heavy atom. The quantitative estimate of drug-likeness (QED) is 0.168. The highest BCUT2D eigenvalue weighted by Crippen LogP contribution is 2.50. The molecule has 0 saturated carbocycles. The Morgan fingerprint density at radius 3 is 2.27 bits per heavy atom. The number of hydrogen-bond acceptors (Lipinski definition) is 15. The average Bonchev–Trinajstić information content (AvgIpc) is 3.94. The number of likely N-dealkylation sites (tertiary alicyclic amines) is 1. The summed E-state index contributed by atoms with van der Waals surface area (Å²) in [6.45, 7) is 21.9. The number of fused-ring (bicyclic) bond motifs is 13. The van der Waals surface area contributed by atoms with Gasteiger partial charge in [-0.25, -0.2) is 0 Å². The van der Waals surface area contributed by atoms with Gasteiger partial charge in [0.15, 0.2) is 0 Å². The van der Waals surface area contributed by atoms with E-state index in [-0.39, 0.29) is 62.9 Å². The number of aliphatic hydroxyl groups is 1. The maximum absolute atomic E-state index is 15.0. The molecule has 0 aromatic heterocycles. The summed E-state index contributed by atoms with van der Waals surface area (Å²) >= 11 is 0. The SMILES string of the molecule is CO[C@H]1/C=C/OC2(C)Oc3c(C)c(O)c4c(c3C2=O)C2=NC3(CCN(CC(C)C)CC3)NC2=C(NC(=O)/C(C)=C\C=C\C(C)C[C@@H](C)C(O)[C@@H](C)C(OC(=O)CC(=O)N2CCN(Cc3ccccc3)CC2)[C@@H]1C)C4=O. The van der Waals surface area contributed by atoms with Crippen molar-refractivity contribution in [3.05, 3.63) is 106 Å². The first kappa shape index (κ1) is 55.1. The minimum atomic E-state index is -2.00. The minimum absolute atomic E-state index is 0.0104. The van der Waals surface area contributed by atoms with E-state index in [1.165, 1.54) is 25.9 Å². The van der Waals surface area contributed by atoms with Crippen LogP contribution in [0.3, 0.4) is 0 Å². The fourth-order valence-corrected chi connectivity index (χ4v) is 11.6. The van der Waals surface area contributed by atoms with Crippen LogP contribution in [0.4, 0.5) is 0 Å². The second kappa shape index (κ2) is 22.6. The summed E-state index contributed by atoms with van der Waals surface area (Å²) in [5.74, 6) is -6.53. The summed E-state index contributed by atoms with van der Waals surface area (Å²) in [6.07, 6.45) is 6.65. The van der Waals surface area contributed by atoms with Crippen LogP contribution in [0, 0.1) is 36.5 Å². The summed E-state index contributed by atoms with van der Waals surface area (Å²) in [5, 5.41) is 30.3. The normalized spacial score (nSPS) is 30.2. The number of allylic oxidation sites excluding steroid dienone is 5.